The molecule has 0 spiro atoms. The number of hydrogen-bond acceptors (Lipinski definition) is 2. The summed E-state index contributed by atoms with van der Waals surface area (Å²) in [6.07, 6.45) is 1.11. The Bertz CT molecular complexity index is 3240. The Morgan fingerprint density at radius 1 is 0.423 bits per heavy atom. The highest BCUT2D eigenvalue weighted by Gasteiger charge is 2.48. The predicted octanol–water partition coefficient (Wildman–Crippen LogP) is 17.4. The van der Waals surface area contributed by atoms with E-state index in [0.29, 0.717) is 5.92 Å². The molecule has 0 amide bonds. The first-order valence-electron chi connectivity index (χ1n) is 26.6. The van der Waals surface area contributed by atoms with Gasteiger partial charge in [0.2, 0.25) is 0 Å². The summed E-state index contributed by atoms with van der Waals surface area (Å²) >= 11 is 0. The smallest absolute Gasteiger partial charge is 0.252 e. The van der Waals surface area contributed by atoms with E-state index in [1.54, 1.807) is 0 Å². The maximum absolute atomic E-state index is 2.71. The normalized spacial score (nSPS) is 16.0. The van der Waals surface area contributed by atoms with Crippen LogP contribution in [0.15, 0.2) is 133 Å². The van der Waals surface area contributed by atoms with Gasteiger partial charge in [-0.05, 0) is 171 Å². The lowest BCUT2D eigenvalue weighted by Crippen LogP contribution is -2.61. The maximum atomic E-state index is 2.71. The van der Waals surface area contributed by atoms with E-state index in [9.17, 15) is 0 Å². The molecule has 7 aromatic rings. The first kappa shape index (κ1) is 48.8. The quantitative estimate of drug-likeness (QED) is 0.159. The second-order valence-corrected chi connectivity index (χ2v) is 27.3. The molecule has 0 radical (unpaired) electrons. The Labute approximate surface area is 429 Å². The van der Waals surface area contributed by atoms with Crippen LogP contribution in [0.3, 0.4) is 0 Å². The second kappa shape index (κ2) is 16.4. The molecule has 0 N–H and O–H groups in total. The maximum Gasteiger partial charge on any atom is 0.252 e. The van der Waals surface area contributed by atoms with Crippen molar-refractivity contribution in [3.8, 4) is 22.3 Å². The van der Waals surface area contributed by atoms with Crippen LogP contribution in [-0.4, -0.2) is 6.71 Å². The molecule has 7 aromatic carbocycles. The Morgan fingerprint density at radius 3 is 1.56 bits per heavy atom. The van der Waals surface area contributed by atoms with Crippen molar-refractivity contribution in [1.29, 1.82) is 0 Å². The lowest BCUT2D eigenvalue weighted by atomic mass is 9.33. The lowest BCUT2D eigenvalue weighted by molar-refractivity contribution is 0.403. The largest absolute Gasteiger partial charge is 0.311 e. The molecular weight excluding hydrogens is 856 g/mol. The molecule has 3 heteroatoms. The Morgan fingerprint density at radius 2 is 0.944 bits per heavy atom. The molecule has 0 atom stereocenters. The van der Waals surface area contributed by atoms with Gasteiger partial charge in [0.15, 0.2) is 0 Å². The van der Waals surface area contributed by atoms with E-state index in [1.807, 2.05) is 0 Å². The van der Waals surface area contributed by atoms with Crippen molar-refractivity contribution in [2.24, 2.45) is 0 Å². The number of anilines is 6. The number of nitrogens with zero attached hydrogens (tertiary/aromatic N) is 2. The molecular formula is C68H79BN2. The van der Waals surface area contributed by atoms with E-state index in [2.05, 4.69) is 268 Å². The third-order valence-corrected chi connectivity index (χ3v) is 16.4. The van der Waals surface area contributed by atoms with Crippen LogP contribution in [0, 0.1) is 0 Å². The van der Waals surface area contributed by atoms with Gasteiger partial charge in [-0.15, -0.1) is 0 Å². The van der Waals surface area contributed by atoms with E-state index in [-0.39, 0.29) is 39.2 Å². The van der Waals surface area contributed by atoms with Gasteiger partial charge in [-0.2, -0.15) is 0 Å². The molecule has 0 bridgehead atoms. The summed E-state index contributed by atoms with van der Waals surface area (Å²) in [6, 6.07) is 53.2. The molecule has 0 aromatic heterocycles. The zero-order valence-electron chi connectivity index (χ0n) is 46.5. The average Bonchev–Trinajstić information content (AvgIpc) is 3.48. The molecule has 2 nitrogen and oxygen atoms in total. The average molecular weight is 935 g/mol. The van der Waals surface area contributed by atoms with Gasteiger partial charge in [-0.25, -0.2) is 0 Å². The summed E-state index contributed by atoms with van der Waals surface area (Å²) in [6.45, 7) is 42.6. The van der Waals surface area contributed by atoms with E-state index < -0.39 is 0 Å². The monoisotopic (exact) mass is 935 g/mol. The minimum Gasteiger partial charge on any atom is -0.311 e. The molecule has 0 saturated heterocycles. The topological polar surface area (TPSA) is 6.48 Å². The molecule has 3 aliphatic rings. The van der Waals surface area contributed by atoms with Crippen molar-refractivity contribution in [3.05, 3.63) is 172 Å². The van der Waals surface area contributed by atoms with E-state index >= 15 is 0 Å². The van der Waals surface area contributed by atoms with Gasteiger partial charge in [0.1, 0.15) is 0 Å². The van der Waals surface area contributed by atoms with Crippen LogP contribution in [0.2, 0.25) is 0 Å². The third-order valence-electron chi connectivity index (χ3n) is 16.4. The second-order valence-electron chi connectivity index (χ2n) is 27.3. The zero-order valence-corrected chi connectivity index (χ0v) is 46.5. The van der Waals surface area contributed by atoms with Crippen LogP contribution < -0.4 is 26.2 Å². The fourth-order valence-electron chi connectivity index (χ4n) is 12.4. The number of rotatable bonds is 5. The first-order valence-corrected chi connectivity index (χ1v) is 26.6. The summed E-state index contributed by atoms with van der Waals surface area (Å²) < 4.78 is 0. The molecule has 364 valence electrons. The summed E-state index contributed by atoms with van der Waals surface area (Å²) in [4.78, 5) is 5.35. The number of fused-ring (bicyclic) bond motifs is 5. The van der Waals surface area contributed by atoms with E-state index in [4.69, 9.17) is 0 Å². The minimum absolute atomic E-state index is 0.0108. The van der Waals surface area contributed by atoms with Crippen molar-refractivity contribution in [3.63, 3.8) is 0 Å². The Kier molecular flexibility index (Phi) is 11.2. The molecule has 0 fully saturated rings. The molecule has 71 heavy (non-hydrogen) atoms. The molecule has 2 heterocycles. The molecule has 0 saturated carbocycles. The van der Waals surface area contributed by atoms with Gasteiger partial charge in [0, 0.05) is 34.0 Å². The highest BCUT2D eigenvalue weighted by atomic mass is 15.2. The fraction of sp³-hybridized carbons (Fsp3) is 0.382. The first-order chi connectivity index (χ1) is 33.0. The van der Waals surface area contributed by atoms with Crippen LogP contribution in [0.1, 0.15) is 176 Å². The van der Waals surface area contributed by atoms with Crippen molar-refractivity contribution in [1.82, 2.24) is 0 Å². The Balaban J connectivity index is 1.32. The van der Waals surface area contributed by atoms with Crippen molar-refractivity contribution >= 4 is 57.2 Å². The van der Waals surface area contributed by atoms with Crippen LogP contribution >= 0.6 is 0 Å². The van der Waals surface area contributed by atoms with Gasteiger partial charge in [-0.1, -0.05) is 203 Å². The number of benzene rings is 7. The zero-order chi connectivity index (χ0) is 51.1. The SMILES string of the molecule is CC(C)c1cc2c3c(c1)N(c1ccc(C(C)(C)C)cc1-c1cccc(-c4ccc(C(C)(C)C)cc4)c1)c1cc4c(cc1B3c1ccc(C(C)(C)C)cc1N2c1cccc(C(C)(C)C)c1)C(C)(C)CC4(C)C. The van der Waals surface area contributed by atoms with Gasteiger partial charge < -0.3 is 9.80 Å². The number of hydrogen-bond donors (Lipinski definition) is 0. The van der Waals surface area contributed by atoms with Gasteiger partial charge in [-0.3, -0.25) is 0 Å². The summed E-state index contributed by atoms with van der Waals surface area (Å²) in [5, 5.41) is 0. The summed E-state index contributed by atoms with van der Waals surface area (Å²) in [5.41, 5.74) is 26.4. The fourth-order valence-corrected chi connectivity index (χ4v) is 12.4. The van der Waals surface area contributed by atoms with E-state index in [0.717, 1.165) is 6.42 Å². The van der Waals surface area contributed by atoms with Crippen LogP contribution in [0.25, 0.3) is 22.3 Å². The highest BCUT2D eigenvalue weighted by Crippen LogP contribution is 2.54. The van der Waals surface area contributed by atoms with Crippen molar-refractivity contribution in [2.75, 3.05) is 9.80 Å². The highest BCUT2D eigenvalue weighted by molar-refractivity contribution is 7.00. The standard InChI is InChI=1S/C68H79BN2/c1-42(2)46-34-60-62-61(35-46)71(57-32-30-49(65(9,10)11)37-52(57)45-22-19-21-44(33-45)43-25-27-47(28-26-43)63(3,4)5)59-40-54-53(67(15,16)41-68(54,17)18)39-56(59)69(62)55-31-29-50(66(12,13)14)38-58(55)70(60)51-24-20-23-48(36-51)64(6,7)8/h19-40,42H,41H2,1-18H3. The Hall–Kier alpha value is -5.80. The van der Waals surface area contributed by atoms with Gasteiger partial charge in [0.05, 0.1) is 5.69 Å². The molecule has 1 aliphatic carbocycles. The van der Waals surface area contributed by atoms with Crippen LogP contribution in [-0.2, 0) is 32.5 Å². The molecule has 10 rings (SSSR count). The third kappa shape index (κ3) is 8.38. The lowest BCUT2D eigenvalue weighted by Gasteiger charge is -2.46. The predicted molar refractivity (Wildman–Crippen MR) is 311 cm³/mol. The van der Waals surface area contributed by atoms with Crippen LogP contribution in [0.4, 0.5) is 34.1 Å². The van der Waals surface area contributed by atoms with Gasteiger partial charge >= 0.3 is 0 Å². The summed E-state index contributed by atoms with van der Waals surface area (Å²) in [7, 11) is 0. The minimum atomic E-state index is -0.0521. The molecule has 0 unspecified atom stereocenters. The van der Waals surface area contributed by atoms with Crippen LogP contribution in [0.5, 0.6) is 0 Å². The van der Waals surface area contributed by atoms with Crippen molar-refractivity contribution in [2.45, 2.75) is 169 Å². The van der Waals surface area contributed by atoms with E-state index in [1.165, 1.54) is 112 Å². The summed E-state index contributed by atoms with van der Waals surface area (Å²) in [5.74, 6) is 0.298. The molecule has 2 aliphatic heterocycles. The van der Waals surface area contributed by atoms with Crippen molar-refractivity contribution < 1.29 is 0 Å². The van der Waals surface area contributed by atoms with Gasteiger partial charge in [0.25, 0.3) is 6.71 Å².